The van der Waals surface area contributed by atoms with Crippen LogP contribution in [0.2, 0.25) is 0 Å². The van der Waals surface area contributed by atoms with Gasteiger partial charge in [0.2, 0.25) is 0 Å². The maximum atomic E-state index is 13.0. The maximum absolute atomic E-state index is 13.0. The fraction of sp³-hybridized carbons (Fsp3) is 0.172. The average Bonchev–Trinajstić information content (AvgIpc) is 3.28. The van der Waals surface area contributed by atoms with Gasteiger partial charge in [0.15, 0.2) is 5.78 Å². The minimum atomic E-state index is -0.518. The van der Waals surface area contributed by atoms with Crippen molar-refractivity contribution in [3.8, 4) is 0 Å². The minimum Gasteiger partial charge on any atom is -0.294 e. The summed E-state index contributed by atoms with van der Waals surface area (Å²) in [4.78, 5) is 15.4. The van der Waals surface area contributed by atoms with E-state index in [0.29, 0.717) is 19.5 Å². The monoisotopic (exact) mass is 433 g/mol. The zero-order valence-electron chi connectivity index (χ0n) is 18.8. The summed E-state index contributed by atoms with van der Waals surface area (Å²) in [6.07, 6.45) is 4.24. The molecule has 3 aromatic carbocycles. The zero-order valence-corrected chi connectivity index (χ0v) is 18.8. The number of hydrogen-bond donors (Lipinski definition) is 0. The SMILES string of the molecule is Cn1nccc1/C=C1\CN(C(c2ccccc2)(c2ccccc2)c2ccccc2)CCC1=O. The van der Waals surface area contributed by atoms with E-state index < -0.39 is 5.54 Å². The van der Waals surface area contributed by atoms with Gasteiger partial charge in [-0.05, 0) is 28.8 Å². The van der Waals surface area contributed by atoms with Gasteiger partial charge in [0, 0.05) is 38.3 Å². The van der Waals surface area contributed by atoms with Crippen LogP contribution in [0.4, 0.5) is 0 Å². The lowest BCUT2D eigenvalue weighted by atomic mass is 9.74. The number of carbonyl (C=O) groups excluding carboxylic acids is 1. The second kappa shape index (κ2) is 9.00. The Bertz CT molecular complexity index is 1160. The molecule has 0 radical (unpaired) electrons. The Labute approximate surface area is 194 Å². The molecule has 0 N–H and O–H groups in total. The predicted molar refractivity (Wildman–Crippen MR) is 132 cm³/mol. The molecule has 1 aliphatic rings. The molecule has 1 aromatic heterocycles. The average molecular weight is 434 g/mol. The third-order valence-corrected chi connectivity index (χ3v) is 6.56. The van der Waals surface area contributed by atoms with Crippen LogP contribution >= 0.6 is 0 Å². The van der Waals surface area contributed by atoms with E-state index in [4.69, 9.17) is 0 Å². The van der Waals surface area contributed by atoms with Crippen molar-refractivity contribution in [2.45, 2.75) is 12.0 Å². The van der Waals surface area contributed by atoms with Gasteiger partial charge < -0.3 is 0 Å². The van der Waals surface area contributed by atoms with Crippen molar-refractivity contribution in [2.75, 3.05) is 13.1 Å². The van der Waals surface area contributed by atoms with Crippen LogP contribution in [0.5, 0.6) is 0 Å². The first kappa shape index (κ1) is 21.1. The first-order valence-corrected chi connectivity index (χ1v) is 11.3. The smallest absolute Gasteiger partial charge is 0.161 e. The van der Waals surface area contributed by atoms with Gasteiger partial charge in [0.1, 0.15) is 0 Å². The number of piperidine rings is 1. The van der Waals surface area contributed by atoms with E-state index in [1.807, 2.05) is 19.2 Å². The number of benzene rings is 3. The summed E-state index contributed by atoms with van der Waals surface area (Å²) in [5, 5.41) is 4.26. The highest BCUT2D eigenvalue weighted by Gasteiger charge is 2.44. The number of likely N-dealkylation sites (tertiary alicyclic amines) is 1. The van der Waals surface area contributed by atoms with Crippen LogP contribution in [0.25, 0.3) is 6.08 Å². The molecule has 2 heterocycles. The maximum Gasteiger partial charge on any atom is 0.161 e. The molecule has 164 valence electrons. The predicted octanol–water partition coefficient (Wildman–Crippen LogP) is 5.07. The fourth-order valence-corrected chi connectivity index (χ4v) is 4.97. The van der Waals surface area contributed by atoms with Crippen LogP contribution in [-0.4, -0.2) is 33.6 Å². The Morgan fingerprint density at radius 3 is 1.76 bits per heavy atom. The summed E-state index contributed by atoms with van der Waals surface area (Å²) in [7, 11) is 1.90. The Morgan fingerprint density at radius 1 is 0.788 bits per heavy atom. The van der Waals surface area contributed by atoms with Crippen LogP contribution in [0, 0.1) is 0 Å². The number of hydrogen-bond acceptors (Lipinski definition) is 3. The number of carbonyl (C=O) groups is 1. The molecule has 4 aromatic rings. The molecule has 1 saturated heterocycles. The summed E-state index contributed by atoms with van der Waals surface area (Å²) < 4.78 is 1.80. The summed E-state index contributed by atoms with van der Waals surface area (Å²) in [6, 6.07) is 33.8. The number of nitrogens with zero attached hydrogens (tertiary/aromatic N) is 3. The largest absolute Gasteiger partial charge is 0.294 e. The molecule has 4 nitrogen and oxygen atoms in total. The van der Waals surface area contributed by atoms with Crippen molar-refractivity contribution < 1.29 is 4.79 Å². The Kier molecular flexibility index (Phi) is 5.76. The second-order valence-electron chi connectivity index (χ2n) is 8.45. The second-order valence-corrected chi connectivity index (χ2v) is 8.45. The van der Waals surface area contributed by atoms with Crippen molar-refractivity contribution in [3.05, 3.63) is 131 Å². The van der Waals surface area contributed by atoms with Crippen molar-refractivity contribution >= 4 is 11.9 Å². The fourth-order valence-electron chi connectivity index (χ4n) is 4.97. The number of ketones is 1. The van der Waals surface area contributed by atoms with Crippen LogP contribution in [-0.2, 0) is 17.4 Å². The van der Waals surface area contributed by atoms with Gasteiger partial charge in [0.05, 0.1) is 11.2 Å². The number of Topliss-reactive ketones (excluding diaryl/α,β-unsaturated/α-hetero) is 1. The highest BCUT2D eigenvalue weighted by atomic mass is 16.1. The van der Waals surface area contributed by atoms with Gasteiger partial charge in [-0.2, -0.15) is 5.10 Å². The Hall–Kier alpha value is -3.76. The third-order valence-electron chi connectivity index (χ3n) is 6.56. The molecule has 0 unspecified atom stereocenters. The first-order valence-electron chi connectivity index (χ1n) is 11.3. The van der Waals surface area contributed by atoms with E-state index in [1.165, 1.54) is 16.7 Å². The number of rotatable bonds is 5. The van der Waals surface area contributed by atoms with Gasteiger partial charge in [0.25, 0.3) is 0 Å². The Balaban J connectivity index is 1.72. The third kappa shape index (κ3) is 3.83. The van der Waals surface area contributed by atoms with Crippen molar-refractivity contribution in [1.82, 2.24) is 14.7 Å². The topological polar surface area (TPSA) is 38.1 Å². The Morgan fingerprint density at radius 2 is 1.30 bits per heavy atom. The summed E-state index contributed by atoms with van der Waals surface area (Å²) >= 11 is 0. The quantitative estimate of drug-likeness (QED) is 0.326. The summed E-state index contributed by atoms with van der Waals surface area (Å²) in [5.74, 6) is 0.204. The van der Waals surface area contributed by atoms with Crippen LogP contribution in [0.15, 0.2) is 109 Å². The van der Waals surface area contributed by atoms with Gasteiger partial charge >= 0.3 is 0 Å². The van der Waals surface area contributed by atoms with Gasteiger partial charge in [-0.1, -0.05) is 91.0 Å². The van der Waals surface area contributed by atoms with E-state index in [9.17, 15) is 4.79 Å². The lowest BCUT2D eigenvalue weighted by molar-refractivity contribution is -0.117. The highest BCUT2D eigenvalue weighted by Crippen LogP contribution is 2.43. The lowest BCUT2D eigenvalue weighted by Crippen LogP contribution is -2.52. The molecule has 0 bridgehead atoms. The van der Waals surface area contributed by atoms with E-state index in [0.717, 1.165) is 11.3 Å². The van der Waals surface area contributed by atoms with Crippen LogP contribution in [0.3, 0.4) is 0 Å². The molecule has 4 heteroatoms. The van der Waals surface area contributed by atoms with E-state index in [2.05, 4.69) is 101 Å². The standard InChI is InChI=1S/C29H27N3O/c1-31-27(17-19-30-31)21-23-22-32(20-18-28(23)33)29(24-11-5-2-6-12-24,25-13-7-3-8-14-25)26-15-9-4-10-16-26/h2-17,19,21H,18,20,22H2,1H3/b23-21+. The van der Waals surface area contributed by atoms with Gasteiger partial charge in [-0.3, -0.25) is 14.4 Å². The molecular formula is C29H27N3O. The van der Waals surface area contributed by atoms with Crippen molar-refractivity contribution in [3.63, 3.8) is 0 Å². The van der Waals surface area contributed by atoms with E-state index in [-0.39, 0.29) is 5.78 Å². The van der Waals surface area contributed by atoms with Crippen molar-refractivity contribution in [2.24, 2.45) is 7.05 Å². The number of aryl methyl sites for hydroxylation is 1. The van der Waals surface area contributed by atoms with Crippen LogP contribution in [0.1, 0.15) is 28.8 Å². The van der Waals surface area contributed by atoms with Crippen LogP contribution < -0.4 is 0 Å². The summed E-state index contributed by atoms with van der Waals surface area (Å²) in [6.45, 7) is 1.24. The molecule has 0 saturated carbocycles. The molecule has 0 amide bonds. The van der Waals surface area contributed by atoms with Gasteiger partial charge in [-0.15, -0.1) is 0 Å². The molecule has 0 atom stereocenters. The highest BCUT2D eigenvalue weighted by molar-refractivity contribution is 6.00. The first-order chi connectivity index (χ1) is 16.2. The van der Waals surface area contributed by atoms with Gasteiger partial charge in [-0.25, -0.2) is 0 Å². The minimum absolute atomic E-state index is 0.204. The molecule has 5 rings (SSSR count). The molecule has 0 aliphatic carbocycles. The van der Waals surface area contributed by atoms with Crippen molar-refractivity contribution in [1.29, 1.82) is 0 Å². The normalized spacial score (nSPS) is 16.3. The van der Waals surface area contributed by atoms with E-state index >= 15 is 0 Å². The zero-order chi connectivity index (χ0) is 22.7. The molecule has 1 fully saturated rings. The molecular weight excluding hydrogens is 406 g/mol. The lowest BCUT2D eigenvalue weighted by Gasteiger charge is -2.47. The molecule has 33 heavy (non-hydrogen) atoms. The number of aromatic nitrogens is 2. The molecule has 1 aliphatic heterocycles. The summed E-state index contributed by atoms with van der Waals surface area (Å²) in [5.41, 5.74) is 4.81. The molecule has 0 spiro atoms. The van der Waals surface area contributed by atoms with E-state index in [1.54, 1.807) is 10.9 Å².